The molecule has 8 heteroatoms. The predicted molar refractivity (Wildman–Crippen MR) is 158 cm³/mol. The number of rotatable bonds is 9. The number of nitrogens with one attached hydrogen (secondary N) is 2. The van der Waals surface area contributed by atoms with Crippen molar-refractivity contribution in [3.63, 3.8) is 0 Å². The Hall–Kier alpha value is -3.06. The number of nitrogens with zero attached hydrogens (tertiary/aromatic N) is 1. The van der Waals surface area contributed by atoms with Crippen LogP contribution in [0, 0.1) is 26.7 Å². The van der Waals surface area contributed by atoms with Crippen LogP contribution in [0.5, 0.6) is 0 Å². The molecule has 3 amide bonds. The Bertz CT molecular complexity index is 1170. The van der Waals surface area contributed by atoms with E-state index in [0.29, 0.717) is 22.7 Å². The van der Waals surface area contributed by atoms with Gasteiger partial charge < -0.3 is 20.3 Å². The zero-order valence-corrected chi connectivity index (χ0v) is 25.7. The Morgan fingerprint density at radius 3 is 2.15 bits per heavy atom. The van der Waals surface area contributed by atoms with E-state index in [0.717, 1.165) is 16.7 Å². The molecule has 39 heavy (non-hydrogen) atoms. The fourth-order valence-corrected chi connectivity index (χ4v) is 4.70. The predicted octanol–water partition coefficient (Wildman–Crippen LogP) is 7.12. The van der Waals surface area contributed by atoms with Crippen molar-refractivity contribution in [3.05, 3.63) is 63.7 Å². The molecule has 0 saturated heterocycles. The normalized spacial score (nSPS) is 13.8. The lowest BCUT2D eigenvalue weighted by Crippen LogP contribution is -2.56. The van der Waals surface area contributed by atoms with Crippen molar-refractivity contribution >= 4 is 35.2 Å². The first-order valence-electron chi connectivity index (χ1n) is 13.5. The van der Waals surface area contributed by atoms with Crippen LogP contribution in [-0.4, -0.2) is 40.5 Å². The molecule has 0 spiro atoms. The van der Waals surface area contributed by atoms with Gasteiger partial charge in [0.2, 0.25) is 5.91 Å². The molecule has 3 unspecified atom stereocenters. The Kier molecular flexibility index (Phi) is 11.0. The van der Waals surface area contributed by atoms with Gasteiger partial charge in [-0.05, 0) is 83.6 Å². The van der Waals surface area contributed by atoms with Crippen molar-refractivity contribution in [1.82, 2.24) is 10.2 Å². The van der Waals surface area contributed by atoms with Crippen LogP contribution in [0.1, 0.15) is 83.2 Å². The maximum atomic E-state index is 14.3. The van der Waals surface area contributed by atoms with Crippen molar-refractivity contribution in [3.8, 4) is 0 Å². The molecular formula is C31H44ClN3O4. The number of carbonyl (C=O) groups excluding carboxylic acids is 3. The Morgan fingerprint density at radius 1 is 1.00 bits per heavy atom. The van der Waals surface area contributed by atoms with Crippen molar-refractivity contribution in [1.29, 1.82) is 0 Å². The van der Waals surface area contributed by atoms with Gasteiger partial charge >= 0.3 is 6.09 Å². The summed E-state index contributed by atoms with van der Waals surface area (Å²) in [5.74, 6) is -1.00. The maximum absolute atomic E-state index is 14.3. The van der Waals surface area contributed by atoms with Crippen LogP contribution in [0.2, 0.25) is 5.02 Å². The van der Waals surface area contributed by atoms with Gasteiger partial charge in [0.05, 0.1) is 10.7 Å². The number of amides is 3. The number of anilines is 1. The van der Waals surface area contributed by atoms with Gasteiger partial charge in [0.15, 0.2) is 0 Å². The third kappa shape index (κ3) is 8.46. The third-order valence-electron chi connectivity index (χ3n) is 6.64. The van der Waals surface area contributed by atoms with Crippen LogP contribution in [0.4, 0.5) is 10.5 Å². The molecule has 2 aromatic carbocycles. The largest absolute Gasteiger partial charge is 0.444 e. The van der Waals surface area contributed by atoms with Gasteiger partial charge in [-0.1, -0.05) is 68.3 Å². The summed E-state index contributed by atoms with van der Waals surface area (Å²) < 4.78 is 5.45. The van der Waals surface area contributed by atoms with E-state index >= 15 is 0 Å². The Labute approximate surface area is 238 Å². The fourth-order valence-electron chi connectivity index (χ4n) is 4.44. The van der Waals surface area contributed by atoms with Crippen LogP contribution >= 0.6 is 11.6 Å². The first kappa shape index (κ1) is 32.2. The highest BCUT2D eigenvalue weighted by Crippen LogP contribution is 2.33. The van der Waals surface area contributed by atoms with E-state index in [9.17, 15) is 14.4 Å². The van der Waals surface area contributed by atoms with Crippen LogP contribution in [0.15, 0.2) is 36.4 Å². The van der Waals surface area contributed by atoms with E-state index < -0.39 is 23.8 Å². The summed E-state index contributed by atoms with van der Waals surface area (Å²) in [6.07, 6.45) is -0.0825. The minimum absolute atomic E-state index is 0.259. The van der Waals surface area contributed by atoms with Gasteiger partial charge in [0.1, 0.15) is 17.7 Å². The Balaban J connectivity index is 2.65. The highest BCUT2D eigenvalue weighted by atomic mass is 35.5. The molecule has 0 bridgehead atoms. The molecule has 0 aliphatic rings. The van der Waals surface area contributed by atoms with Crippen LogP contribution in [-0.2, 0) is 14.3 Å². The van der Waals surface area contributed by atoms with Crippen LogP contribution < -0.4 is 10.6 Å². The van der Waals surface area contributed by atoms with Gasteiger partial charge in [-0.3, -0.25) is 9.59 Å². The molecule has 0 heterocycles. The van der Waals surface area contributed by atoms with Gasteiger partial charge in [-0.25, -0.2) is 4.79 Å². The van der Waals surface area contributed by atoms with Crippen molar-refractivity contribution in [2.75, 3.05) is 5.32 Å². The lowest BCUT2D eigenvalue weighted by atomic mass is 9.93. The molecule has 0 saturated carbocycles. The highest BCUT2D eigenvalue weighted by molar-refractivity contribution is 6.34. The number of para-hydroxylation sites is 1. The molecular weight excluding hydrogens is 514 g/mol. The van der Waals surface area contributed by atoms with Crippen molar-refractivity contribution in [2.24, 2.45) is 5.92 Å². The van der Waals surface area contributed by atoms with E-state index in [4.69, 9.17) is 16.3 Å². The average molecular weight is 558 g/mol. The zero-order chi connectivity index (χ0) is 29.7. The third-order valence-corrected chi connectivity index (χ3v) is 6.96. The monoisotopic (exact) mass is 557 g/mol. The number of hydrogen-bond acceptors (Lipinski definition) is 4. The lowest BCUT2D eigenvalue weighted by Gasteiger charge is -2.39. The first-order chi connectivity index (χ1) is 18.1. The topological polar surface area (TPSA) is 87.7 Å². The SMILES string of the molecule is CCC(C)N(C(=O)C(NC(=O)OC(C)(C)C)C(C)C)C(C(=O)Nc1c(C)cccc1Cl)c1ccc(C)cc1C. The van der Waals surface area contributed by atoms with Gasteiger partial charge in [0, 0.05) is 6.04 Å². The fraction of sp³-hybridized carbons (Fsp3) is 0.516. The van der Waals surface area contributed by atoms with Gasteiger partial charge in [-0.15, -0.1) is 0 Å². The van der Waals surface area contributed by atoms with Crippen LogP contribution in [0.3, 0.4) is 0 Å². The molecule has 0 aliphatic carbocycles. The average Bonchev–Trinajstić information content (AvgIpc) is 2.81. The van der Waals surface area contributed by atoms with E-state index in [1.807, 2.05) is 78.8 Å². The molecule has 0 radical (unpaired) electrons. The minimum atomic E-state index is -0.967. The number of hydrogen-bond donors (Lipinski definition) is 2. The second-order valence-corrected chi connectivity index (χ2v) is 12.0. The quantitative estimate of drug-likeness (QED) is 0.343. The van der Waals surface area contributed by atoms with E-state index in [1.165, 1.54) is 0 Å². The number of ether oxygens (including phenoxy) is 1. The van der Waals surface area contributed by atoms with Crippen LogP contribution in [0.25, 0.3) is 0 Å². The standard InChI is InChI=1S/C31H44ClN3O4/c1-11-22(7)35(29(37)25(18(2)3)34-30(38)39-31(8,9)10)27(23-16-15-19(4)17-21(23)6)28(36)33-26-20(5)13-12-14-24(26)32/h12-18,22,25,27H,11H2,1-10H3,(H,33,36)(H,34,38). The highest BCUT2D eigenvalue weighted by Gasteiger charge is 2.40. The molecule has 0 aromatic heterocycles. The van der Waals surface area contributed by atoms with Gasteiger partial charge in [0.25, 0.3) is 5.91 Å². The first-order valence-corrected chi connectivity index (χ1v) is 13.9. The number of halogens is 1. The molecule has 7 nitrogen and oxygen atoms in total. The maximum Gasteiger partial charge on any atom is 0.408 e. The smallest absolute Gasteiger partial charge is 0.408 e. The van der Waals surface area contributed by atoms with Crippen molar-refractivity contribution in [2.45, 2.75) is 99.4 Å². The summed E-state index contributed by atoms with van der Waals surface area (Å²) in [7, 11) is 0. The summed E-state index contributed by atoms with van der Waals surface area (Å²) >= 11 is 6.45. The number of aryl methyl sites for hydroxylation is 3. The molecule has 0 aliphatic heterocycles. The van der Waals surface area contributed by atoms with Gasteiger partial charge in [-0.2, -0.15) is 0 Å². The second-order valence-electron chi connectivity index (χ2n) is 11.6. The van der Waals surface area contributed by atoms with E-state index in [2.05, 4.69) is 10.6 Å². The summed E-state index contributed by atoms with van der Waals surface area (Å²) in [5, 5.41) is 6.17. The molecule has 2 aromatic rings. The molecule has 214 valence electrons. The number of alkyl carbamates (subject to hydrolysis) is 1. The lowest BCUT2D eigenvalue weighted by molar-refractivity contribution is -0.144. The summed E-state index contributed by atoms with van der Waals surface area (Å²) in [5.41, 5.74) is 3.22. The van der Waals surface area contributed by atoms with E-state index in [1.54, 1.807) is 31.7 Å². The number of carbonyl (C=O) groups is 3. The zero-order valence-electron chi connectivity index (χ0n) is 24.9. The second kappa shape index (κ2) is 13.3. The molecule has 0 fully saturated rings. The molecule has 2 N–H and O–H groups in total. The molecule has 3 atom stereocenters. The summed E-state index contributed by atoms with van der Waals surface area (Å²) in [6, 6.07) is 9.03. The van der Waals surface area contributed by atoms with Crippen molar-refractivity contribution < 1.29 is 19.1 Å². The minimum Gasteiger partial charge on any atom is -0.444 e. The summed E-state index contributed by atoms with van der Waals surface area (Å²) in [4.78, 5) is 42.8. The number of benzene rings is 2. The Morgan fingerprint density at radius 2 is 1.64 bits per heavy atom. The summed E-state index contributed by atoms with van der Waals surface area (Å²) in [6.45, 7) is 18.7. The van der Waals surface area contributed by atoms with E-state index in [-0.39, 0.29) is 23.8 Å². The molecule has 2 rings (SSSR count).